The number of hydrogen-bond acceptors (Lipinski definition) is 5. The first-order valence-electron chi connectivity index (χ1n) is 4.47. The van der Waals surface area contributed by atoms with E-state index in [2.05, 4.69) is 4.18 Å². The van der Waals surface area contributed by atoms with Crippen LogP contribution in [0, 0.1) is 0 Å². The van der Waals surface area contributed by atoms with Gasteiger partial charge in [-0.2, -0.15) is 21.6 Å². The molecule has 10 heteroatoms. The van der Waals surface area contributed by atoms with Crippen LogP contribution in [0.25, 0.3) is 0 Å². The molecule has 17 heavy (non-hydrogen) atoms. The van der Waals surface area contributed by atoms with Gasteiger partial charge >= 0.3 is 15.6 Å². The smallest absolute Gasteiger partial charge is 0.361 e. The first kappa shape index (κ1) is 14.2. The summed E-state index contributed by atoms with van der Waals surface area (Å²) < 4.78 is 65.5. The maximum atomic E-state index is 11.9. The van der Waals surface area contributed by atoms with Crippen LogP contribution in [0.3, 0.4) is 0 Å². The van der Waals surface area contributed by atoms with E-state index in [0.717, 1.165) is 4.90 Å². The second-order valence-corrected chi connectivity index (χ2v) is 4.85. The van der Waals surface area contributed by atoms with Gasteiger partial charge in [0, 0.05) is 20.0 Å². The van der Waals surface area contributed by atoms with Crippen molar-refractivity contribution >= 4 is 16.0 Å². The Morgan fingerprint density at radius 3 is 2.53 bits per heavy atom. The highest BCUT2D eigenvalue weighted by molar-refractivity contribution is 7.87. The SMILES string of the molecule is COC1CCC(=O)N1COS(=O)(=O)C(F)(F)F. The molecular formula is C7H10F3NO5S. The van der Waals surface area contributed by atoms with Crippen LogP contribution in [0.15, 0.2) is 0 Å². The standard InChI is InChI=1S/C7H10F3NO5S/c1-15-6-3-2-5(12)11(6)4-16-17(13,14)7(8,9)10/h6H,2-4H2,1H3. The Hall–Kier alpha value is -0.870. The second-order valence-electron chi connectivity index (χ2n) is 3.24. The fourth-order valence-corrected chi connectivity index (χ4v) is 1.69. The van der Waals surface area contributed by atoms with Gasteiger partial charge in [-0.25, -0.2) is 4.18 Å². The minimum Gasteiger partial charge on any atom is -0.361 e. The average Bonchev–Trinajstić information content (AvgIpc) is 2.54. The first-order valence-corrected chi connectivity index (χ1v) is 5.88. The van der Waals surface area contributed by atoms with Crippen molar-refractivity contribution in [3.05, 3.63) is 0 Å². The van der Waals surface area contributed by atoms with Gasteiger partial charge in [0.25, 0.3) is 0 Å². The highest BCUT2D eigenvalue weighted by atomic mass is 32.2. The van der Waals surface area contributed by atoms with Gasteiger partial charge in [0.05, 0.1) is 0 Å². The van der Waals surface area contributed by atoms with Gasteiger partial charge in [-0.3, -0.25) is 9.69 Å². The number of rotatable bonds is 4. The van der Waals surface area contributed by atoms with Crippen LogP contribution in [0.2, 0.25) is 0 Å². The van der Waals surface area contributed by atoms with E-state index in [0.29, 0.717) is 0 Å². The molecule has 1 amide bonds. The molecule has 0 N–H and O–H groups in total. The minimum absolute atomic E-state index is 0.0773. The van der Waals surface area contributed by atoms with E-state index < -0.39 is 34.5 Å². The lowest BCUT2D eigenvalue weighted by atomic mass is 10.4. The topological polar surface area (TPSA) is 72.9 Å². The number of carbonyl (C=O) groups excluding carboxylic acids is 1. The van der Waals surface area contributed by atoms with Gasteiger partial charge in [-0.05, 0) is 0 Å². The van der Waals surface area contributed by atoms with Crippen molar-refractivity contribution in [1.82, 2.24) is 4.90 Å². The number of carbonyl (C=O) groups is 1. The third kappa shape index (κ3) is 3.07. The van der Waals surface area contributed by atoms with Crippen molar-refractivity contribution in [2.45, 2.75) is 24.6 Å². The predicted octanol–water partition coefficient (Wildman–Crippen LogP) is 0.405. The van der Waals surface area contributed by atoms with Gasteiger partial charge in [0.15, 0.2) is 0 Å². The number of alkyl halides is 3. The van der Waals surface area contributed by atoms with Crippen LogP contribution in [0.1, 0.15) is 12.8 Å². The summed E-state index contributed by atoms with van der Waals surface area (Å²) in [5.41, 5.74) is -5.50. The van der Waals surface area contributed by atoms with Crippen molar-refractivity contribution in [1.29, 1.82) is 0 Å². The summed E-state index contributed by atoms with van der Waals surface area (Å²) in [6.45, 7) is -1.00. The Morgan fingerprint density at radius 2 is 2.06 bits per heavy atom. The molecule has 1 fully saturated rings. The van der Waals surface area contributed by atoms with Crippen LogP contribution in [0.4, 0.5) is 13.2 Å². The molecule has 0 spiro atoms. The molecule has 6 nitrogen and oxygen atoms in total. The van der Waals surface area contributed by atoms with Crippen LogP contribution in [0.5, 0.6) is 0 Å². The molecular weight excluding hydrogens is 267 g/mol. The number of ether oxygens (including phenoxy) is 1. The Balaban J connectivity index is 2.65. The van der Waals surface area contributed by atoms with Gasteiger partial charge in [0.1, 0.15) is 13.0 Å². The van der Waals surface area contributed by atoms with Crippen molar-refractivity contribution in [2.75, 3.05) is 13.8 Å². The fourth-order valence-electron chi connectivity index (χ4n) is 1.30. The van der Waals surface area contributed by atoms with Crippen LogP contribution < -0.4 is 0 Å². The summed E-state index contributed by atoms with van der Waals surface area (Å²) in [5.74, 6) is -0.519. The molecule has 1 saturated heterocycles. The number of nitrogens with zero attached hydrogens (tertiary/aromatic N) is 1. The second kappa shape index (κ2) is 4.78. The predicted molar refractivity (Wildman–Crippen MR) is 47.8 cm³/mol. The van der Waals surface area contributed by atoms with E-state index in [9.17, 15) is 26.4 Å². The maximum Gasteiger partial charge on any atom is 0.523 e. The highest BCUT2D eigenvalue weighted by Gasteiger charge is 2.48. The van der Waals surface area contributed by atoms with Crippen LogP contribution >= 0.6 is 0 Å². The molecule has 0 saturated carbocycles. The van der Waals surface area contributed by atoms with E-state index in [4.69, 9.17) is 4.74 Å². The van der Waals surface area contributed by atoms with E-state index in [-0.39, 0.29) is 12.8 Å². The van der Waals surface area contributed by atoms with Crippen molar-refractivity contribution in [3.63, 3.8) is 0 Å². The summed E-state index contributed by atoms with van der Waals surface area (Å²) in [6.07, 6.45) is -0.399. The Morgan fingerprint density at radius 1 is 1.47 bits per heavy atom. The normalized spacial score (nSPS) is 22.2. The Labute approximate surface area is 95.4 Å². The number of methoxy groups -OCH3 is 1. The quantitative estimate of drug-likeness (QED) is 0.549. The van der Waals surface area contributed by atoms with E-state index in [1.165, 1.54) is 7.11 Å². The highest BCUT2D eigenvalue weighted by Crippen LogP contribution is 2.26. The molecule has 1 heterocycles. The minimum atomic E-state index is -5.69. The zero-order chi connectivity index (χ0) is 13.3. The molecule has 0 aromatic carbocycles. The largest absolute Gasteiger partial charge is 0.523 e. The zero-order valence-electron chi connectivity index (χ0n) is 8.73. The van der Waals surface area contributed by atoms with E-state index in [1.807, 2.05) is 0 Å². The van der Waals surface area contributed by atoms with Crippen molar-refractivity contribution in [2.24, 2.45) is 0 Å². The number of hydrogen-bond donors (Lipinski definition) is 0. The molecule has 1 aliphatic heterocycles. The molecule has 0 aromatic heterocycles. The summed E-state index contributed by atoms with van der Waals surface area (Å²) in [6, 6.07) is 0. The molecule has 0 radical (unpaired) electrons. The van der Waals surface area contributed by atoms with E-state index in [1.54, 1.807) is 0 Å². The average molecular weight is 277 g/mol. The third-order valence-corrected chi connectivity index (χ3v) is 3.16. The van der Waals surface area contributed by atoms with Gasteiger partial charge < -0.3 is 4.74 Å². The zero-order valence-corrected chi connectivity index (χ0v) is 9.55. The number of likely N-dealkylation sites (tertiary alicyclic amines) is 1. The first-order chi connectivity index (χ1) is 7.69. The summed E-state index contributed by atoms with van der Waals surface area (Å²) in [5, 5.41) is 0. The van der Waals surface area contributed by atoms with E-state index >= 15 is 0 Å². The number of amides is 1. The van der Waals surface area contributed by atoms with Crippen LogP contribution in [-0.4, -0.2) is 44.8 Å². The Kier molecular flexibility index (Phi) is 3.99. The van der Waals surface area contributed by atoms with Gasteiger partial charge in [-0.15, -0.1) is 0 Å². The van der Waals surface area contributed by atoms with Gasteiger partial charge in [-0.1, -0.05) is 0 Å². The summed E-state index contributed by atoms with van der Waals surface area (Å²) in [4.78, 5) is 12.0. The van der Waals surface area contributed by atoms with Gasteiger partial charge in [0.2, 0.25) is 5.91 Å². The van der Waals surface area contributed by atoms with Crippen molar-refractivity contribution in [3.8, 4) is 0 Å². The summed E-state index contributed by atoms with van der Waals surface area (Å²) >= 11 is 0. The molecule has 1 atom stereocenters. The third-order valence-electron chi connectivity index (χ3n) is 2.18. The Bertz CT molecular complexity index is 393. The number of halogens is 3. The maximum absolute atomic E-state index is 11.9. The summed E-state index contributed by atoms with van der Waals surface area (Å²) in [7, 11) is -4.43. The molecule has 0 aliphatic carbocycles. The monoisotopic (exact) mass is 277 g/mol. The molecule has 100 valence electrons. The van der Waals surface area contributed by atoms with Crippen molar-refractivity contribution < 1.29 is 35.3 Å². The fraction of sp³-hybridized carbons (Fsp3) is 0.857. The molecule has 1 aliphatic rings. The lowest BCUT2D eigenvalue weighted by Gasteiger charge is -2.22. The lowest BCUT2D eigenvalue weighted by molar-refractivity contribution is -0.140. The molecule has 0 bridgehead atoms. The molecule has 0 aromatic rings. The molecule has 1 unspecified atom stereocenters. The van der Waals surface area contributed by atoms with Crippen LogP contribution in [-0.2, 0) is 23.8 Å². The lowest BCUT2D eigenvalue weighted by Crippen LogP contribution is -2.38. The molecule has 1 rings (SSSR count).